The van der Waals surface area contributed by atoms with Gasteiger partial charge in [0.1, 0.15) is 22.9 Å². The van der Waals surface area contributed by atoms with Crippen molar-refractivity contribution in [2.45, 2.75) is 90.8 Å². The van der Waals surface area contributed by atoms with Crippen LogP contribution in [-0.4, -0.2) is 85.3 Å². The quantitative estimate of drug-likeness (QED) is 0.107. The van der Waals surface area contributed by atoms with E-state index in [9.17, 15) is 36.9 Å². The van der Waals surface area contributed by atoms with E-state index >= 15 is 0 Å². The van der Waals surface area contributed by atoms with Crippen LogP contribution in [0.2, 0.25) is 0 Å². The summed E-state index contributed by atoms with van der Waals surface area (Å²) < 4.78 is 45.4. The van der Waals surface area contributed by atoms with Gasteiger partial charge in [0.25, 0.3) is 17.4 Å². The Morgan fingerprint density at radius 3 is 2.24 bits per heavy atom. The molecule has 1 aliphatic rings. The van der Waals surface area contributed by atoms with Crippen LogP contribution in [0.4, 0.5) is 9.93 Å². The van der Waals surface area contributed by atoms with Crippen molar-refractivity contribution < 1.29 is 46.5 Å². The van der Waals surface area contributed by atoms with Gasteiger partial charge in [-0.05, 0) is 61.5 Å². The van der Waals surface area contributed by atoms with E-state index in [1.54, 1.807) is 41.5 Å². The van der Waals surface area contributed by atoms with Crippen LogP contribution in [0.15, 0.2) is 39.7 Å². The van der Waals surface area contributed by atoms with Crippen molar-refractivity contribution in [3.63, 3.8) is 0 Å². The first-order valence-corrected chi connectivity index (χ1v) is 16.0. The molecule has 0 aliphatic carbocycles. The van der Waals surface area contributed by atoms with Crippen molar-refractivity contribution in [2.24, 2.45) is 5.16 Å². The molecular weight excluding hydrogens is 648 g/mol. The predicted octanol–water partition coefficient (Wildman–Crippen LogP) is 1.69. The van der Waals surface area contributed by atoms with E-state index in [0.29, 0.717) is 0 Å². The Morgan fingerprint density at radius 2 is 1.67 bits per heavy atom. The molecule has 1 saturated heterocycles. The number of thiazole rings is 1. The molecule has 46 heavy (non-hydrogen) atoms. The number of nitrogens with one attached hydrogen (secondary N) is 2. The second-order valence-electron chi connectivity index (χ2n) is 12.5. The van der Waals surface area contributed by atoms with Crippen LogP contribution in [0.5, 0.6) is 0 Å². The Balaban J connectivity index is 1.96. The van der Waals surface area contributed by atoms with Crippen molar-refractivity contribution in [3.05, 3.63) is 45.8 Å². The number of ether oxygens (including phenoxy) is 2. The zero-order chi connectivity index (χ0) is 34.8. The van der Waals surface area contributed by atoms with Crippen LogP contribution in [0.25, 0.3) is 0 Å². The van der Waals surface area contributed by atoms with Crippen molar-refractivity contribution in [2.75, 3.05) is 5.32 Å². The summed E-state index contributed by atoms with van der Waals surface area (Å²) in [5.41, 5.74) is -4.68. The van der Waals surface area contributed by atoms with Crippen LogP contribution < -0.4 is 16.2 Å². The summed E-state index contributed by atoms with van der Waals surface area (Å²) in [7, 11) is -5.07. The summed E-state index contributed by atoms with van der Waals surface area (Å²) in [4.78, 5) is 73.3. The van der Waals surface area contributed by atoms with Gasteiger partial charge in [-0.3, -0.25) is 24.3 Å². The van der Waals surface area contributed by atoms with Gasteiger partial charge in [0, 0.05) is 24.2 Å². The van der Waals surface area contributed by atoms with E-state index in [1.165, 1.54) is 43.6 Å². The molecule has 1 fully saturated rings. The fraction of sp³-hybridized carbons (Fsp3) is 0.519. The fourth-order valence-electron chi connectivity index (χ4n) is 3.80. The van der Waals surface area contributed by atoms with Crippen LogP contribution in [-0.2, 0) is 45.5 Å². The number of esters is 1. The number of nitrogens with zero attached hydrogens (tertiary/aromatic N) is 4. The minimum Gasteiger partial charge on any atom is -0.457 e. The lowest BCUT2D eigenvalue weighted by Crippen LogP contribution is -2.73. The molecule has 3 rings (SSSR count). The molecular formula is C27H36N6O11S2. The lowest BCUT2D eigenvalue weighted by molar-refractivity contribution is -0.179. The minimum atomic E-state index is -5.07. The number of rotatable bonds is 10. The van der Waals surface area contributed by atoms with Crippen LogP contribution in [0.3, 0.4) is 0 Å². The van der Waals surface area contributed by atoms with Gasteiger partial charge < -0.3 is 24.2 Å². The average Bonchev–Trinajstić information content (AvgIpc) is 3.32. The first-order valence-electron chi connectivity index (χ1n) is 13.7. The largest absolute Gasteiger partial charge is 0.457 e. The van der Waals surface area contributed by atoms with E-state index in [1.807, 2.05) is 0 Å². The van der Waals surface area contributed by atoms with Gasteiger partial charge in [0.05, 0.1) is 6.04 Å². The molecule has 252 valence electrons. The topological polar surface area (TPSA) is 225 Å². The Bertz CT molecular complexity index is 1700. The monoisotopic (exact) mass is 684 g/mol. The second kappa shape index (κ2) is 13.2. The van der Waals surface area contributed by atoms with Crippen molar-refractivity contribution in [1.29, 1.82) is 0 Å². The van der Waals surface area contributed by atoms with E-state index < -0.39 is 80.9 Å². The third kappa shape index (κ3) is 9.33. The Morgan fingerprint density at radius 1 is 1.04 bits per heavy atom. The molecule has 19 heteroatoms. The molecule has 3 heterocycles. The summed E-state index contributed by atoms with van der Waals surface area (Å²) in [6, 6.07) is 1.18. The summed E-state index contributed by atoms with van der Waals surface area (Å²) >= 11 is 0.887. The smallest absolute Gasteiger partial charge is 0.413 e. The number of carbonyl (C=O) groups is 4. The molecule has 3 N–H and O–H groups in total. The number of β-lactam (4-membered cyclic amide) rings is 1. The lowest BCUT2D eigenvalue weighted by atomic mass is 9.98. The molecule has 0 bridgehead atoms. The predicted molar refractivity (Wildman–Crippen MR) is 164 cm³/mol. The van der Waals surface area contributed by atoms with Crippen LogP contribution in [0.1, 0.15) is 61.1 Å². The Labute approximate surface area is 268 Å². The van der Waals surface area contributed by atoms with Gasteiger partial charge in [0.2, 0.25) is 5.60 Å². The highest BCUT2D eigenvalue weighted by atomic mass is 32.2. The first kappa shape index (κ1) is 36.1. The maximum atomic E-state index is 13.6. The molecule has 2 aromatic heterocycles. The SMILES string of the molecule is CC(C)(C)OC(=O)Nc1nc(C(=NOC(C)(C)C(=O)OC(C)(C)C)C(=O)N[C@@H]2C(=O)N(S(=O)(=O)O)[C@@H]2Cn2ccccc2=O)cs1. The second-order valence-corrected chi connectivity index (χ2v) is 14.7. The minimum absolute atomic E-state index is 0.00486. The van der Waals surface area contributed by atoms with Crippen LogP contribution >= 0.6 is 11.3 Å². The summed E-state index contributed by atoms with van der Waals surface area (Å²) in [5, 5.41) is 9.93. The lowest BCUT2D eigenvalue weighted by Gasteiger charge is -2.44. The first-order chi connectivity index (χ1) is 21.0. The maximum absolute atomic E-state index is 13.6. The van der Waals surface area contributed by atoms with E-state index in [0.717, 1.165) is 15.9 Å². The highest BCUT2D eigenvalue weighted by Crippen LogP contribution is 2.26. The Kier molecular flexibility index (Phi) is 10.3. The number of amides is 3. The van der Waals surface area contributed by atoms with E-state index in [2.05, 4.69) is 20.8 Å². The summed E-state index contributed by atoms with van der Waals surface area (Å²) in [6.07, 6.45) is 0.503. The van der Waals surface area contributed by atoms with Crippen molar-refractivity contribution in [3.8, 4) is 0 Å². The molecule has 1 aliphatic heterocycles. The van der Waals surface area contributed by atoms with Gasteiger partial charge >= 0.3 is 22.4 Å². The average molecular weight is 685 g/mol. The molecule has 17 nitrogen and oxygen atoms in total. The normalized spacial score (nSPS) is 17.5. The number of hydrogen-bond acceptors (Lipinski definition) is 13. The number of anilines is 1. The maximum Gasteiger partial charge on any atom is 0.413 e. The van der Waals surface area contributed by atoms with Gasteiger partial charge in [-0.1, -0.05) is 11.2 Å². The molecule has 0 radical (unpaired) electrons. The number of hydrogen-bond donors (Lipinski definition) is 3. The third-order valence-electron chi connectivity index (χ3n) is 5.81. The Hall–Kier alpha value is -4.36. The third-order valence-corrected chi connectivity index (χ3v) is 7.52. The fourth-order valence-corrected chi connectivity index (χ4v) is 5.35. The van der Waals surface area contributed by atoms with Gasteiger partial charge in [0.15, 0.2) is 10.8 Å². The number of pyridine rings is 1. The highest BCUT2D eigenvalue weighted by molar-refractivity contribution is 7.84. The highest BCUT2D eigenvalue weighted by Gasteiger charge is 2.54. The standard InChI is InChI=1S/C27H36N6O11S2/c1-25(2,3)42-22(37)27(7,8)44-31-18(15-14-45-23(28-15)30-24(38)43-26(4,5)6)20(35)29-19-16(33(21(19)36)46(39,40)41)13-32-12-10-9-11-17(32)34/h9-12,14,16,19H,13H2,1-8H3,(H,29,35)(H,28,30,38)(H,39,40,41)/t16-,19+/m1/s1. The van der Waals surface area contributed by atoms with Crippen molar-refractivity contribution >= 4 is 56.4 Å². The van der Waals surface area contributed by atoms with Gasteiger partial charge in [-0.25, -0.2) is 18.9 Å². The summed E-state index contributed by atoms with van der Waals surface area (Å²) in [5.74, 6) is -3.11. The zero-order valence-corrected chi connectivity index (χ0v) is 28.0. The zero-order valence-electron chi connectivity index (χ0n) is 26.4. The van der Waals surface area contributed by atoms with E-state index in [-0.39, 0.29) is 15.1 Å². The number of aromatic nitrogens is 2. The summed E-state index contributed by atoms with van der Waals surface area (Å²) in [6.45, 7) is 12.2. The van der Waals surface area contributed by atoms with Crippen molar-refractivity contribution in [1.82, 2.24) is 19.2 Å². The molecule has 0 unspecified atom stereocenters. The molecule has 0 saturated carbocycles. The molecule has 0 aromatic carbocycles. The van der Waals surface area contributed by atoms with Crippen LogP contribution in [0, 0.1) is 0 Å². The number of oxime groups is 1. The molecule has 3 amide bonds. The molecule has 2 atom stereocenters. The van der Waals surface area contributed by atoms with Gasteiger partial charge in [-0.2, -0.15) is 8.42 Å². The van der Waals surface area contributed by atoms with Gasteiger partial charge in [-0.15, -0.1) is 11.3 Å². The van der Waals surface area contributed by atoms with E-state index in [4.69, 9.17) is 14.3 Å². The molecule has 0 spiro atoms. The number of carbonyl (C=O) groups excluding carboxylic acids is 4. The molecule has 2 aromatic rings.